The van der Waals surface area contributed by atoms with E-state index in [-0.39, 0.29) is 12.5 Å². The van der Waals surface area contributed by atoms with E-state index in [0.29, 0.717) is 18.7 Å². The molecule has 0 bridgehead atoms. The third kappa shape index (κ3) is 5.94. The fraction of sp³-hybridized carbons (Fsp3) is 0.611. The van der Waals surface area contributed by atoms with Gasteiger partial charge < -0.3 is 20.1 Å². The van der Waals surface area contributed by atoms with Crippen LogP contribution < -0.4 is 5.32 Å². The lowest BCUT2D eigenvalue weighted by Gasteiger charge is -2.31. The zero-order valence-electron chi connectivity index (χ0n) is 14.1. The molecule has 1 heterocycles. The van der Waals surface area contributed by atoms with Crippen molar-refractivity contribution in [2.75, 3.05) is 33.3 Å². The Labute approximate surface area is 138 Å². The summed E-state index contributed by atoms with van der Waals surface area (Å²) in [5, 5.41) is 12.9. The number of ether oxygens (including phenoxy) is 1. The summed E-state index contributed by atoms with van der Waals surface area (Å²) in [4.78, 5) is 14.4. The Morgan fingerprint density at radius 2 is 2.00 bits per heavy atom. The predicted molar refractivity (Wildman–Crippen MR) is 90.3 cm³/mol. The maximum atomic E-state index is 12.1. The van der Waals surface area contributed by atoms with Gasteiger partial charge in [0.2, 0.25) is 0 Å². The zero-order valence-corrected chi connectivity index (χ0v) is 14.1. The second kappa shape index (κ2) is 9.01. The standard InChI is InChI=1S/C18H28N2O3/c1-14-7-9-20(10-8-14)12-17(21)11-19-18(22)16-5-3-15(4-6-16)13-23-2/h3-6,14,17,21H,7-13H2,1-2H3,(H,19,22). The molecule has 0 aliphatic carbocycles. The van der Waals surface area contributed by atoms with Gasteiger partial charge in [-0.1, -0.05) is 19.1 Å². The molecule has 0 radical (unpaired) electrons. The minimum atomic E-state index is -0.528. The second-order valence-corrected chi connectivity index (χ2v) is 6.48. The molecular formula is C18H28N2O3. The molecule has 1 aromatic rings. The van der Waals surface area contributed by atoms with Crippen LogP contribution in [0.3, 0.4) is 0 Å². The normalized spacial score (nSPS) is 17.9. The number of benzene rings is 1. The fourth-order valence-corrected chi connectivity index (χ4v) is 2.84. The maximum Gasteiger partial charge on any atom is 0.251 e. The van der Waals surface area contributed by atoms with Crippen molar-refractivity contribution < 1.29 is 14.6 Å². The Morgan fingerprint density at radius 3 is 2.61 bits per heavy atom. The fourth-order valence-electron chi connectivity index (χ4n) is 2.84. The molecule has 1 aliphatic rings. The van der Waals surface area contributed by atoms with Crippen molar-refractivity contribution >= 4 is 5.91 Å². The number of aliphatic hydroxyl groups is 1. The van der Waals surface area contributed by atoms with Gasteiger partial charge in [0.05, 0.1) is 12.7 Å². The molecule has 0 aromatic heterocycles. The SMILES string of the molecule is COCc1ccc(C(=O)NCC(O)CN2CCC(C)CC2)cc1. The number of nitrogens with zero attached hydrogens (tertiary/aromatic N) is 1. The molecule has 1 unspecified atom stereocenters. The molecule has 5 nitrogen and oxygen atoms in total. The Balaban J connectivity index is 1.72. The lowest BCUT2D eigenvalue weighted by atomic mass is 9.99. The van der Waals surface area contributed by atoms with Gasteiger partial charge in [-0.3, -0.25) is 4.79 Å². The highest BCUT2D eigenvalue weighted by molar-refractivity contribution is 5.94. The van der Waals surface area contributed by atoms with E-state index in [1.54, 1.807) is 19.2 Å². The lowest BCUT2D eigenvalue weighted by Crippen LogP contribution is -2.43. The number of carbonyl (C=O) groups is 1. The van der Waals surface area contributed by atoms with Gasteiger partial charge in [0, 0.05) is 25.8 Å². The topological polar surface area (TPSA) is 61.8 Å². The molecule has 2 rings (SSSR count). The highest BCUT2D eigenvalue weighted by Crippen LogP contribution is 2.15. The Kier molecular flexibility index (Phi) is 7.02. The summed E-state index contributed by atoms with van der Waals surface area (Å²) in [6, 6.07) is 7.32. The average Bonchev–Trinajstić information content (AvgIpc) is 2.56. The van der Waals surface area contributed by atoms with Gasteiger partial charge in [-0.15, -0.1) is 0 Å². The first-order chi connectivity index (χ1) is 11.1. The molecular weight excluding hydrogens is 292 g/mol. The van der Waals surface area contributed by atoms with Crippen LogP contribution in [0.4, 0.5) is 0 Å². The molecule has 1 amide bonds. The van der Waals surface area contributed by atoms with Crippen LogP contribution in [0.5, 0.6) is 0 Å². The third-order valence-electron chi connectivity index (χ3n) is 4.37. The van der Waals surface area contributed by atoms with E-state index in [1.807, 2.05) is 12.1 Å². The van der Waals surface area contributed by atoms with Gasteiger partial charge in [-0.2, -0.15) is 0 Å². The van der Waals surface area contributed by atoms with Crippen LogP contribution in [0.1, 0.15) is 35.7 Å². The molecule has 1 aliphatic heterocycles. The third-order valence-corrected chi connectivity index (χ3v) is 4.37. The van der Waals surface area contributed by atoms with Gasteiger partial charge in [-0.05, 0) is 49.5 Å². The average molecular weight is 320 g/mol. The van der Waals surface area contributed by atoms with Crippen LogP contribution in [0, 0.1) is 5.92 Å². The van der Waals surface area contributed by atoms with Crippen LogP contribution >= 0.6 is 0 Å². The first-order valence-corrected chi connectivity index (χ1v) is 8.35. The summed E-state index contributed by atoms with van der Waals surface area (Å²) in [7, 11) is 1.64. The number of β-amino-alcohol motifs (C(OH)–C–C–N with tert-alkyl or cyclic N) is 1. The largest absolute Gasteiger partial charge is 0.390 e. The molecule has 128 valence electrons. The number of likely N-dealkylation sites (tertiary alicyclic amines) is 1. The number of piperidine rings is 1. The number of methoxy groups -OCH3 is 1. The minimum absolute atomic E-state index is 0.153. The van der Waals surface area contributed by atoms with Crippen molar-refractivity contribution in [2.45, 2.75) is 32.5 Å². The molecule has 1 atom stereocenters. The lowest BCUT2D eigenvalue weighted by molar-refractivity contribution is 0.0795. The quantitative estimate of drug-likeness (QED) is 0.802. The van der Waals surface area contributed by atoms with E-state index >= 15 is 0 Å². The van der Waals surface area contributed by atoms with E-state index in [2.05, 4.69) is 17.1 Å². The molecule has 1 fully saturated rings. The number of amides is 1. The van der Waals surface area contributed by atoms with E-state index in [4.69, 9.17) is 4.74 Å². The Bertz CT molecular complexity index is 482. The van der Waals surface area contributed by atoms with Crippen molar-refractivity contribution in [1.82, 2.24) is 10.2 Å². The summed E-state index contributed by atoms with van der Waals surface area (Å²) in [6.45, 7) is 5.78. The summed E-state index contributed by atoms with van der Waals surface area (Å²) in [6.07, 6.45) is 1.85. The zero-order chi connectivity index (χ0) is 16.7. The monoisotopic (exact) mass is 320 g/mol. The van der Waals surface area contributed by atoms with Crippen molar-refractivity contribution in [1.29, 1.82) is 0 Å². The number of aliphatic hydroxyl groups excluding tert-OH is 1. The molecule has 0 spiro atoms. The van der Waals surface area contributed by atoms with Gasteiger partial charge in [0.1, 0.15) is 0 Å². The maximum absolute atomic E-state index is 12.1. The van der Waals surface area contributed by atoms with Crippen molar-refractivity contribution in [2.24, 2.45) is 5.92 Å². The summed E-state index contributed by atoms with van der Waals surface area (Å²) in [5.41, 5.74) is 1.63. The Morgan fingerprint density at radius 1 is 1.35 bits per heavy atom. The highest BCUT2D eigenvalue weighted by atomic mass is 16.5. The van der Waals surface area contributed by atoms with E-state index in [1.165, 1.54) is 12.8 Å². The molecule has 1 saturated heterocycles. The number of rotatable bonds is 7. The number of hydrogen-bond donors (Lipinski definition) is 2. The van der Waals surface area contributed by atoms with E-state index in [9.17, 15) is 9.90 Å². The number of carbonyl (C=O) groups excluding carboxylic acids is 1. The summed E-state index contributed by atoms with van der Waals surface area (Å²) >= 11 is 0. The Hall–Kier alpha value is -1.43. The molecule has 5 heteroatoms. The van der Waals surface area contributed by atoms with Crippen LogP contribution in [0.15, 0.2) is 24.3 Å². The number of nitrogens with one attached hydrogen (secondary N) is 1. The van der Waals surface area contributed by atoms with Crippen LogP contribution in [-0.4, -0.2) is 55.3 Å². The van der Waals surface area contributed by atoms with Crippen LogP contribution in [0.25, 0.3) is 0 Å². The summed E-state index contributed by atoms with van der Waals surface area (Å²) in [5.74, 6) is 0.629. The van der Waals surface area contributed by atoms with E-state index in [0.717, 1.165) is 24.6 Å². The van der Waals surface area contributed by atoms with Gasteiger partial charge in [0.25, 0.3) is 5.91 Å². The van der Waals surface area contributed by atoms with Crippen molar-refractivity contribution in [3.05, 3.63) is 35.4 Å². The van der Waals surface area contributed by atoms with Crippen molar-refractivity contribution in [3.63, 3.8) is 0 Å². The molecule has 1 aromatic carbocycles. The molecule has 23 heavy (non-hydrogen) atoms. The number of hydrogen-bond acceptors (Lipinski definition) is 4. The first kappa shape index (κ1) is 17.9. The first-order valence-electron chi connectivity index (χ1n) is 8.35. The smallest absolute Gasteiger partial charge is 0.251 e. The van der Waals surface area contributed by atoms with Crippen LogP contribution in [-0.2, 0) is 11.3 Å². The summed E-state index contributed by atoms with van der Waals surface area (Å²) < 4.78 is 5.05. The van der Waals surface area contributed by atoms with Crippen LogP contribution in [0.2, 0.25) is 0 Å². The minimum Gasteiger partial charge on any atom is -0.390 e. The van der Waals surface area contributed by atoms with E-state index < -0.39 is 6.10 Å². The molecule has 2 N–H and O–H groups in total. The van der Waals surface area contributed by atoms with Gasteiger partial charge in [-0.25, -0.2) is 0 Å². The molecule has 0 saturated carbocycles. The predicted octanol–water partition coefficient (Wildman–Crippen LogP) is 1.66. The second-order valence-electron chi connectivity index (χ2n) is 6.48. The highest BCUT2D eigenvalue weighted by Gasteiger charge is 2.18. The van der Waals surface area contributed by atoms with Gasteiger partial charge >= 0.3 is 0 Å². The van der Waals surface area contributed by atoms with Crippen molar-refractivity contribution in [3.8, 4) is 0 Å². The van der Waals surface area contributed by atoms with Gasteiger partial charge in [0.15, 0.2) is 0 Å².